The zero-order valence-electron chi connectivity index (χ0n) is 9.45. The first-order valence-corrected chi connectivity index (χ1v) is 6.03. The molecule has 0 amide bonds. The number of benzene rings is 1. The molecule has 2 nitrogen and oxygen atoms in total. The number of ether oxygens (including phenoxy) is 1. The van der Waals surface area contributed by atoms with E-state index in [0.29, 0.717) is 0 Å². The number of carbonyl (C=O) groups is 1. The molecule has 0 bridgehead atoms. The van der Waals surface area contributed by atoms with Crippen molar-refractivity contribution in [1.82, 2.24) is 0 Å². The molecule has 0 spiro atoms. The van der Waals surface area contributed by atoms with Crippen molar-refractivity contribution in [1.29, 1.82) is 0 Å². The van der Waals surface area contributed by atoms with Crippen LogP contribution in [0.4, 0.5) is 0 Å². The molecule has 0 N–H and O–H groups in total. The minimum atomic E-state index is -0.299. The number of hydrogen-bond acceptors (Lipinski definition) is 3. The van der Waals surface area contributed by atoms with Crippen LogP contribution in [0, 0.1) is 11.8 Å². The first-order valence-electron chi connectivity index (χ1n) is 5.04. The molecule has 0 fully saturated rings. The fourth-order valence-corrected chi connectivity index (χ4v) is 1.84. The topological polar surface area (TPSA) is 26.3 Å². The Morgan fingerprint density at radius 1 is 1.50 bits per heavy atom. The number of hydrogen-bond donors (Lipinski definition) is 0. The molecule has 0 heterocycles. The summed E-state index contributed by atoms with van der Waals surface area (Å²) in [6.45, 7) is 2.11. The normalized spacial score (nSPS) is 9.12. The Morgan fingerprint density at radius 3 is 3.00 bits per heavy atom. The molecule has 0 aromatic heterocycles. The van der Waals surface area contributed by atoms with E-state index in [4.69, 9.17) is 0 Å². The maximum absolute atomic E-state index is 10.8. The Bertz CT molecular complexity index is 415. The zero-order chi connectivity index (χ0) is 11.8. The van der Waals surface area contributed by atoms with Crippen molar-refractivity contribution >= 4 is 17.7 Å². The highest BCUT2D eigenvalue weighted by atomic mass is 32.2. The van der Waals surface area contributed by atoms with Crippen LogP contribution in [0.1, 0.15) is 18.9 Å². The zero-order valence-corrected chi connectivity index (χ0v) is 10.3. The van der Waals surface area contributed by atoms with Crippen LogP contribution in [0.25, 0.3) is 0 Å². The predicted molar refractivity (Wildman–Crippen MR) is 66.4 cm³/mol. The molecule has 1 aromatic carbocycles. The van der Waals surface area contributed by atoms with Crippen molar-refractivity contribution in [2.75, 3.05) is 12.9 Å². The molecule has 0 aliphatic heterocycles. The first-order chi connectivity index (χ1) is 7.76. The Kier molecular flexibility index (Phi) is 5.52. The summed E-state index contributed by atoms with van der Waals surface area (Å²) in [4.78, 5) is 12.0. The van der Waals surface area contributed by atoms with Gasteiger partial charge in [-0.2, -0.15) is 0 Å². The van der Waals surface area contributed by atoms with Gasteiger partial charge in [-0.15, -0.1) is 11.8 Å². The van der Waals surface area contributed by atoms with E-state index in [2.05, 4.69) is 29.6 Å². The first kappa shape index (κ1) is 12.7. The Balaban J connectivity index is 2.65. The summed E-state index contributed by atoms with van der Waals surface area (Å²) >= 11 is 1.77. The Hall–Kier alpha value is -1.40. The minimum Gasteiger partial charge on any atom is -0.468 e. The lowest BCUT2D eigenvalue weighted by Gasteiger charge is -1.97. The molecule has 0 saturated heterocycles. The van der Waals surface area contributed by atoms with Crippen molar-refractivity contribution < 1.29 is 9.53 Å². The van der Waals surface area contributed by atoms with Gasteiger partial charge < -0.3 is 4.74 Å². The summed E-state index contributed by atoms with van der Waals surface area (Å²) in [5.74, 6) is 6.47. The van der Waals surface area contributed by atoms with E-state index in [9.17, 15) is 4.79 Å². The van der Waals surface area contributed by atoms with Gasteiger partial charge in [-0.05, 0) is 24.0 Å². The number of thioether (sulfide) groups is 1. The molecule has 0 radical (unpaired) electrons. The van der Waals surface area contributed by atoms with Gasteiger partial charge >= 0.3 is 5.97 Å². The lowest BCUT2D eigenvalue weighted by Crippen LogP contribution is -1.96. The van der Waals surface area contributed by atoms with Crippen LogP contribution in [0.5, 0.6) is 0 Å². The largest absolute Gasteiger partial charge is 0.468 e. The molecule has 84 valence electrons. The van der Waals surface area contributed by atoms with E-state index in [1.165, 1.54) is 12.0 Å². The van der Waals surface area contributed by atoms with Gasteiger partial charge in [0.05, 0.1) is 7.11 Å². The number of esters is 1. The van der Waals surface area contributed by atoms with Crippen LogP contribution in [0.2, 0.25) is 0 Å². The average molecular weight is 234 g/mol. The molecule has 0 aliphatic carbocycles. The van der Waals surface area contributed by atoms with Crippen molar-refractivity contribution in [3.05, 3.63) is 29.8 Å². The Labute approximate surface area is 100 Å². The third-order valence-electron chi connectivity index (χ3n) is 1.84. The standard InChI is InChI=1S/C13H14O2S/c1-3-16-12-8-4-6-11(10-12)7-5-9-13(14)15-2/h4,6,8,10H,3,9H2,1-2H3. The van der Waals surface area contributed by atoms with Gasteiger partial charge in [-0.1, -0.05) is 24.8 Å². The van der Waals surface area contributed by atoms with Crippen LogP contribution in [-0.2, 0) is 9.53 Å². The summed E-state index contributed by atoms with van der Waals surface area (Å²) in [6, 6.07) is 7.99. The highest BCUT2D eigenvalue weighted by molar-refractivity contribution is 7.99. The van der Waals surface area contributed by atoms with Gasteiger partial charge in [0.1, 0.15) is 6.42 Å². The molecule has 0 unspecified atom stereocenters. The lowest BCUT2D eigenvalue weighted by molar-refractivity contribution is -0.139. The van der Waals surface area contributed by atoms with Crippen molar-refractivity contribution in [2.24, 2.45) is 0 Å². The Morgan fingerprint density at radius 2 is 2.31 bits per heavy atom. The number of carbonyl (C=O) groups excluding carboxylic acids is 1. The minimum absolute atomic E-state index is 0.141. The molecule has 3 heteroatoms. The second kappa shape index (κ2) is 6.97. The molecule has 0 aliphatic rings. The second-order valence-electron chi connectivity index (χ2n) is 3.02. The summed E-state index contributed by atoms with van der Waals surface area (Å²) < 4.78 is 4.50. The number of methoxy groups -OCH3 is 1. The van der Waals surface area contributed by atoms with E-state index in [0.717, 1.165) is 11.3 Å². The van der Waals surface area contributed by atoms with Crippen molar-refractivity contribution in [2.45, 2.75) is 18.2 Å². The maximum Gasteiger partial charge on any atom is 0.317 e. The van der Waals surface area contributed by atoms with E-state index >= 15 is 0 Å². The summed E-state index contributed by atoms with van der Waals surface area (Å²) in [5.41, 5.74) is 0.933. The maximum atomic E-state index is 10.8. The van der Waals surface area contributed by atoms with Gasteiger partial charge in [0.2, 0.25) is 0 Å². The average Bonchev–Trinajstić information content (AvgIpc) is 2.30. The van der Waals surface area contributed by atoms with Crippen LogP contribution in [-0.4, -0.2) is 18.8 Å². The van der Waals surface area contributed by atoms with Gasteiger partial charge in [0, 0.05) is 10.5 Å². The van der Waals surface area contributed by atoms with Crippen LogP contribution < -0.4 is 0 Å². The van der Waals surface area contributed by atoms with E-state index < -0.39 is 0 Å². The van der Waals surface area contributed by atoms with Gasteiger partial charge in [0.25, 0.3) is 0 Å². The predicted octanol–water partition coefficient (Wildman–Crippen LogP) is 2.71. The molecule has 0 atom stereocenters. The molecular weight excluding hydrogens is 220 g/mol. The van der Waals surface area contributed by atoms with E-state index in [-0.39, 0.29) is 12.4 Å². The van der Waals surface area contributed by atoms with E-state index in [1.807, 2.05) is 18.2 Å². The quantitative estimate of drug-likeness (QED) is 0.457. The fourth-order valence-electron chi connectivity index (χ4n) is 1.12. The van der Waals surface area contributed by atoms with Gasteiger partial charge in [0.15, 0.2) is 0 Å². The van der Waals surface area contributed by atoms with Crippen LogP contribution >= 0.6 is 11.8 Å². The number of rotatable bonds is 3. The molecule has 0 saturated carbocycles. The van der Waals surface area contributed by atoms with Crippen LogP contribution in [0.15, 0.2) is 29.2 Å². The van der Waals surface area contributed by atoms with Gasteiger partial charge in [-0.3, -0.25) is 4.79 Å². The third kappa shape index (κ3) is 4.41. The molecular formula is C13H14O2S. The van der Waals surface area contributed by atoms with Crippen molar-refractivity contribution in [3.63, 3.8) is 0 Å². The fraction of sp³-hybridized carbons (Fsp3) is 0.308. The highest BCUT2D eigenvalue weighted by Crippen LogP contribution is 2.17. The second-order valence-corrected chi connectivity index (χ2v) is 4.35. The molecule has 1 aromatic rings. The van der Waals surface area contributed by atoms with Gasteiger partial charge in [-0.25, -0.2) is 0 Å². The van der Waals surface area contributed by atoms with Crippen molar-refractivity contribution in [3.8, 4) is 11.8 Å². The van der Waals surface area contributed by atoms with E-state index in [1.54, 1.807) is 11.8 Å². The highest BCUT2D eigenvalue weighted by Gasteiger charge is 1.95. The smallest absolute Gasteiger partial charge is 0.317 e. The SMILES string of the molecule is CCSc1cccc(C#CCC(=O)OC)c1. The summed E-state index contributed by atoms with van der Waals surface area (Å²) in [5, 5.41) is 0. The summed E-state index contributed by atoms with van der Waals surface area (Å²) in [6.07, 6.45) is 0.141. The monoisotopic (exact) mass is 234 g/mol. The molecule has 1 rings (SSSR count). The third-order valence-corrected chi connectivity index (χ3v) is 2.71. The van der Waals surface area contributed by atoms with Crippen LogP contribution in [0.3, 0.4) is 0 Å². The lowest BCUT2D eigenvalue weighted by atomic mass is 10.2. The molecule has 16 heavy (non-hydrogen) atoms. The summed E-state index contributed by atoms with van der Waals surface area (Å²) in [7, 11) is 1.36.